The maximum Gasteiger partial charge on any atom is 0.355 e. The molecule has 10 heteroatoms. The number of nitrogens with one attached hydrogen (secondary N) is 1. The van der Waals surface area contributed by atoms with Gasteiger partial charge in [0.05, 0.1) is 18.9 Å². The molecule has 4 rings (SSSR count). The van der Waals surface area contributed by atoms with Crippen molar-refractivity contribution in [3.05, 3.63) is 95.8 Å². The van der Waals surface area contributed by atoms with Crippen LogP contribution < -0.4 is 4.74 Å². The Bertz CT molecular complexity index is 1500. The van der Waals surface area contributed by atoms with E-state index in [9.17, 15) is 18.0 Å². The molecule has 0 atom stereocenters. The topological polar surface area (TPSA) is 125 Å². The van der Waals surface area contributed by atoms with Gasteiger partial charge < -0.3 is 19.2 Å². The summed E-state index contributed by atoms with van der Waals surface area (Å²) in [6, 6.07) is 20.1. The molecule has 0 unspecified atom stereocenters. The number of benzene rings is 2. The van der Waals surface area contributed by atoms with Gasteiger partial charge in [-0.05, 0) is 48.0 Å². The Morgan fingerprint density at radius 3 is 2.36 bits per heavy atom. The maximum absolute atomic E-state index is 12.5. The van der Waals surface area contributed by atoms with Crippen LogP contribution in [0, 0.1) is 0 Å². The smallest absolute Gasteiger partial charge is 0.355 e. The van der Waals surface area contributed by atoms with E-state index in [1.807, 2.05) is 30.3 Å². The lowest BCUT2D eigenvalue weighted by Crippen LogP contribution is -2.05. The quantitative estimate of drug-likeness (QED) is 0.348. The van der Waals surface area contributed by atoms with Gasteiger partial charge in [0, 0.05) is 17.5 Å². The van der Waals surface area contributed by atoms with E-state index in [4.69, 9.17) is 14.2 Å². The Labute approximate surface area is 207 Å². The first kappa shape index (κ1) is 24.7. The van der Waals surface area contributed by atoms with Crippen LogP contribution in [0.25, 0.3) is 11.3 Å². The molecule has 2 heterocycles. The second kappa shape index (κ2) is 10.4. The molecule has 0 aliphatic heterocycles. The molecule has 2 aromatic heterocycles. The van der Waals surface area contributed by atoms with Crippen molar-refractivity contribution in [2.75, 3.05) is 13.4 Å². The third kappa shape index (κ3) is 5.97. The van der Waals surface area contributed by atoms with Crippen molar-refractivity contribution in [3.63, 3.8) is 0 Å². The van der Waals surface area contributed by atoms with Crippen molar-refractivity contribution in [2.45, 2.75) is 11.6 Å². The molecule has 0 bridgehead atoms. The van der Waals surface area contributed by atoms with Gasteiger partial charge in [0.25, 0.3) is 0 Å². The lowest BCUT2D eigenvalue weighted by atomic mass is 10.1. The molecule has 0 saturated carbocycles. The van der Waals surface area contributed by atoms with Gasteiger partial charge in [0.15, 0.2) is 14.9 Å². The summed E-state index contributed by atoms with van der Waals surface area (Å²) >= 11 is 0. The van der Waals surface area contributed by atoms with Crippen molar-refractivity contribution in [2.24, 2.45) is 0 Å². The molecule has 184 valence electrons. The number of nitrogens with zero attached hydrogens (tertiary/aromatic N) is 1. The van der Waals surface area contributed by atoms with E-state index in [2.05, 4.69) is 9.97 Å². The third-order valence-corrected chi connectivity index (χ3v) is 6.08. The van der Waals surface area contributed by atoms with Gasteiger partial charge in [0.2, 0.25) is 0 Å². The summed E-state index contributed by atoms with van der Waals surface area (Å²) in [5, 5.41) is -0.0862. The van der Waals surface area contributed by atoms with Crippen molar-refractivity contribution < 1.29 is 32.2 Å². The fourth-order valence-corrected chi connectivity index (χ4v) is 3.87. The molecular formula is C26H22N2O7S. The van der Waals surface area contributed by atoms with E-state index in [1.54, 1.807) is 24.3 Å². The molecule has 0 amide bonds. The van der Waals surface area contributed by atoms with Gasteiger partial charge in [-0.1, -0.05) is 30.3 Å². The van der Waals surface area contributed by atoms with Crippen LogP contribution in [0.4, 0.5) is 0 Å². The fraction of sp³-hybridized carbons (Fsp3) is 0.115. The van der Waals surface area contributed by atoms with Crippen LogP contribution in [0.5, 0.6) is 11.5 Å². The first-order valence-corrected chi connectivity index (χ1v) is 12.6. The zero-order chi connectivity index (χ0) is 25.7. The van der Waals surface area contributed by atoms with Crippen LogP contribution in [0.15, 0.2) is 84.0 Å². The number of sulfone groups is 1. The highest BCUT2D eigenvalue weighted by Crippen LogP contribution is 2.30. The average Bonchev–Trinajstić information content (AvgIpc) is 3.38. The first-order chi connectivity index (χ1) is 17.2. The SMILES string of the molecule is COC(=O)c1cc(Oc2ccc(S(C)(=O)=O)nc2)cc(-c2ccc(C(=O)OCc3ccccc3)[nH]2)c1. The van der Waals surface area contributed by atoms with Gasteiger partial charge in [0.1, 0.15) is 23.8 Å². The monoisotopic (exact) mass is 506 g/mol. The Morgan fingerprint density at radius 1 is 0.917 bits per heavy atom. The Morgan fingerprint density at radius 2 is 1.69 bits per heavy atom. The average molecular weight is 507 g/mol. The minimum Gasteiger partial charge on any atom is -0.465 e. The highest BCUT2D eigenvalue weighted by Gasteiger charge is 2.16. The summed E-state index contributed by atoms with van der Waals surface area (Å²) in [5.41, 5.74) is 2.42. The third-order valence-electron chi connectivity index (χ3n) is 5.08. The molecular weight excluding hydrogens is 484 g/mol. The van der Waals surface area contributed by atoms with E-state index in [0.29, 0.717) is 11.3 Å². The maximum atomic E-state index is 12.5. The Kier molecular flexibility index (Phi) is 7.16. The lowest BCUT2D eigenvalue weighted by molar-refractivity contribution is 0.0466. The molecule has 0 radical (unpaired) electrons. The number of rotatable bonds is 8. The summed E-state index contributed by atoms with van der Waals surface area (Å²) in [6.45, 7) is 0.135. The largest absolute Gasteiger partial charge is 0.465 e. The van der Waals surface area contributed by atoms with Crippen molar-refractivity contribution in [1.82, 2.24) is 9.97 Å². The predicted molar refractivity (Wildman–Crippen MR) is 131 cm³/mol. The summed E-state index contributed by atoms with van der Waals surface area (Å²) < 4.78 is 39.3. The van der Waals surface area contributed by atoms with E-state index in [1.165, 1.54) is 31.5 Å². The number of esters is 2. The second-order valence-electron chi connectivity index (χ2n) is 7.79. The van der Waals surface area contributed by atoms with Crippen LogP contribution >= 0.6 is 0 Å². The molecule has 0 aliphatic rings. The van der Waals surface area contributed by atoms with Crippen LogP contribution in [0.1, 0.15) is 26.4 Å². The number of pyridine rings is 1. The minimum absolute atomic E-state index is 0.0862. The number of hydrogen-bond donors (Lipinski definition) is 1. The molecule has 2 aromatic carbocycles. The highest BCUT2D eigenvalue weighted by atomic mass is 32.2. The van der Waals surface area contributed by atoms with Crippen molar-refractivity contribution in [1.29, 1.82) is 0 Å². The molecule has 9 nitrogen and oxygen atoms in total. The second-order valence-corrected chi connectivity index (χ2v) is 9.75. The summed E-state index contributed by atoms with van der Waals surface area (Å²) in [4.78, 5) is 31.6. The minimum atomic E-state index is -3.45. The molecule has 0 spiro atoms. The van der Waals surface area contributed by atoms with Gasteiger partial charge in [-0.25, -0.2) is 23.0 Å². The number of aromatic amines is 1. The molecule has 4 aromatic rings. The van der Waals surface area contributed by atoms with Gasteiger partial charge in [-0.15, -0.1) is 0 Å². The number of H-pyrrole nitrogens is 1. The number of ether oxygens (including phenoxy) is 3. The molecule has 0 aliphatic carbocycles. The van der Waals surface area contributed by atoms with Crippen LogP contribution in [0.3, 0.4) is 0 Å². The van der Waals surface area contributed by atoms with E-state index in [0.717, 1.165) is 11.8 Å². The zero-order valence-corrected chi connectivity index (χ0v) is 20.2. The number of carbonyl (C=O) groups excluding carboxylic acids is 2. The normalized spacial score (nSPS) is 11.1. The molecule has 0 fully saturated rings. The summed E-state index contributed by atoms with van der Waals surface area (Å²) in [6.07, 6.45) is 2.33. The van der Waals surface area contributed by atoms with E-state index in [-0.39, 0.29) is 34.4 Å². The first-order valence-electron chi connectivity index (χ1n) is 10.7. The van der Waals surface area contributed by atoms with E-state index >= 15 is 0 Å². The van der Waals surface area contributed by atoms with Gasteiger partial charge in [-0.2, -0.15) is 0 Å². The number of hydrogen-bond acceptors (Lipinski definition) is 8. The highest BCUT2D eigenvalue weighted by molar-refractivity contribution is 7.90. The van der Waals surface area contributed by atoms with Crippen LogP contribution in [-0.4, -0.2) is 43.7 Å². The van der Waals surface area contributed by atoms with Crippen molar-refractivity contribution in [3.8, 4) is 22.8 Å². The van der Waals surface area contributed by atoms with Gasteiger partial charge in [-0.3, -0.25) is 0 Å². The molecule has 36 heavy (non-hydrogen) atoms. The van der Waals surface area contributed by atoms with E-state index < -0.39 is 21.8 Å². The van der Waals surface area contributed by atoms with Gasteiger partial charge >= 0.3 is 11.9 Å². The lowest BCUT2D eigenvalue weighted by Gasteiger charge is -2.10. The van der Waals surface area contributed by atoms with Crippen molar-refractivity contribution >= 4 is 21.8 Å². The Balaban J connectivity index is 1.57. The number of methoxy groups -OCH3 is 1. The van der Waals surface area contributed by atoms with Crippen LogP contribution in [0.2, 0.25) is 0 Å². The summed E-state index contributed by atoms with van der Waals surface area (Å²) in [5.74, 6) is -0.555. The standard InChI is InChI=1S/C26H22N2O7S/c1-33-25(29)19-12-18(13-21(14-19)35-20-8-11-24(27-15-20)36(2,31)32)22-9-10-23(28-22)26(30)34-16-17-6-4-3-5-7-17/h3-15,28H,16H2,1-2H3. The predicted octanol–water partition coefficient (Wildman–Crippen LogP) is 4.42. The fourth-order valence-electron chi connectivity index (χ4n) is 3.32. The number of aromatic nitrogens is 2. The number of carbonyl (C=O) groups is 2. The van der Waals surface area contributed by atoms with Crippen LogP contribution in [-0.2, 0) is 25.9 Å². The summed E-state index contributed by atoms with van der Waals surface area (Å²) in [7, 11) is -2.19. The molecule has 1 N–H and O–H groups in total. The Hall–Kier alpha value is -4.44. The molecule has 0 saturated heterocycles. The zero-order valence-electron chi connectivity index (χ0n) is 19.4.